The molecule has 0 fully saturated rings. The first-order chi connectivity index (χ1) is 29.3. The lowest BCUT2D eigenvalue weighted by Gasteiger charge is -2.27. The first-order valence-corrected chi connectivity index (χ1v) is 20.2. The molecule has 0 aliphatic rings. The van der Waals surface area contributed by atoms with Crippen LogP contribution < -0.4 is 4.90 Å². The van der Waals surface area contributed by atoms with Crippen molar-refractivity contribution in [3.8, 4) is 33.4 Å². The lowest BCUT2D eigenvalue weighted by atomic mass is 9.97. The Labute approximate surface area is 341 Å². The quantitative estimate of drug-likeness (QED) is 0.169. The Kier molecular flexibility index (Phi) is 7.54. The van der Waals surface area contributed by atoms with Crippen LogP contribution in [-0.4, -0.2) is 4.40 Å². The summed E-state index contributed by atoms with van der Waals surface area (Å²) in [5.41, 5.74) is 14.6. The summed E-state index contributed by atoms with van der Waals surface area (Å²) in [6.45, 7) is 0. The number of aromatic nitrogens is 1. The van der Waals surface area contributed by atoms with E-state index in [1.165, 1.54) is 65.8 Å². The maximum absolute atomic E-state index is 6.42. The SMILES string of the molecule is c1ccc(-c2c3cccc(-c4ccc(N(c5ccc(-c6cccc7ccccc67)cc5)c5cccc6oc7ccccc7c56)cc4)c3n3cc4ccccc4cc23)cc1. The molecule has 0 saturated heterocycles. The molecule has 3 heterocycles. The molecule has 0 aliphatic heterocycles. The predicted molar refractivity (Wildman–Crippen MR) is 248 cm³/mol. The minimum absolute atomic E-state index is 0.867. The zero-order chi connectivity index (χ0) is 38.9. The number of benzene rings is 9. The largest absolute Gasteiger partial charge is 0.456 e. The summed E-state index contributed by atoms with van der Waals surface area (Å²) >= 11 is 0. The van der Waals surface area contributed by atoms with Crippen molar-refractivity contribution >= 4 is 77.0 Å². The third kappa shape index (κ3) is 5.36. The smallest absolute Gasteiger partial charge is 0.137 e. The van der Waals surface area contributed by atoms with Crippen molar-refractivity contribution in [3.05, 3.63) is 219 Å². The molecule has 0 spiro atoms. The van der Waals surface area contributed by atoms with Gasteiger partial charge in [0.25, 0.3) is 0 Å². The van der Waals surface area contributed by atoms with E-state index in [0.29, 0.717) is 0 Å². The van der Waals surface area contributed by atoms with Gasteiger partial charge in [-0.15, -0.1) is 0 Å². The van der Waals surface area contributed by atoms with Gasteiger partial charge in [0, 0.05) is 39.5 Å². The fourth-order valence-electron chi connectivity index (χ4n) is 9.27. The Hall–Kier alpha value is -7.88. The minimum atomic E-state index is 0.867. The first kappa shape index (κ1) is 33.3. The molecule has 9 aromatic carbocycles. The van der Waals surface area contributed by atoms with Crippen LogP contribution in [0.5, 0.6) is 0 Å². The molecule has 0 unspecified atom stereocenters. The molecule has 0 atom stereocenters. The molecule has 0 bridgehead atoms. The number of nitrogens with zero attached hydrogens (tertiary/aromatic N) is 2. The Balaban J connectivity index is 1.04. The van der Waals surface area contributed by atoms with E-state index in [0.717, 1.165) is 44.6 Å². The number of pyridine rings is 1. The van der Waals surface area contributed by atoms with Crippen molar-refractivity contribution in [1.29, 1.82) is 0 Å². The van der Waals surface area contributed by atoms with Gasteiger partial charge in [-0.3, -0.25) is 0 Å². The van der Waals surface area contributed by atoms with E-state index in [1.807, 2.05) is 6.07 Å². The van der Waals surface area contributed by atoms with Crippen molar-refractivity contribution in [1.82, 2.24) is 4.40 Å². The van der Waals surface area contributed by atoms with Crippen LogP contribution in [0.4, 0.5) is 17.1 Å². The molecular formula is C56H36N2O. The predicted octanol–water partition coefficient (Wildman–Crippen LogP) is 15.8. The maximum atomic E-state index is 6.42. The summed E-state index contributed by atoms with van der Waals surface area (Å²) in [6.07, 6.45) is 2.30. The van der Waals surface area contributed by atoms with Crippen molar-refractivity contribution < 1.29 is 4.42 Å². The van der Waals surface area contributed by atoms with Crippen molar-refractivity contribution in [2.24, 2.45) is 0 Å². The van der Waals surface area contributed by atoms with Crippen LogP contribution in [0.25, 0.3) is 93.3 Å². The zero-order valence-electron chi connectivity index (χ0n) is 32.1. The van der Waals surface area contributed by atoms with Gasteiger partial charge in [-0.1, -0.05) is 164 Å². The van der Waals surface area contributed by atoms with Crippen LogP contribution >= 0.6 is 0 Å². The molecule has 3 heteroatoms. The summed E-state index contributed by atoms with van der Waals surface area (Å²) in [4.78, 5) is 2.37. The van der Waals surface area contributed by atoms with Crippen LogP contribution in [0.3, 0.4) is 0 Å². The van der Waals surface area contributed by atoms with E-state index >= 15 is 0 Å². The number of anilines is 3. The highest BCUT2D eigenvalue weighted by atomic mass is 16.3. The average Bonchev–Trinajstić information content (AvgIpc) is 3.85. The van der Waals surface area contributed by atoms with Crippen molar-refractivity contribution in [2.45, 2.75) is 0 Å². The Morgan fingerprint density at radius 2 is 0.966 bits per heavy atom. The summed E-state index contributed by atoms with van der Waals surface area (Å²) in [6, 6.07) is 76.4. The third-order valence-corrected chi connectivity index (χ3v) is 12.0. The second kappa shape index (κ2) is 13.4. The van der Waals surface area contributed by atoms with Gasteiger partial charge >= 0.3 is 0 Å². The molecule has 0 saturated carbocycles. The van der Waals surface area contributed by atoms with E-state index in [4.69, 9.17) is 4.42 Å². The van der Waals surface area contributed by atoms with E-state index in [2.05, 4.69) is 222 Å². The van der Waals surface area contributed by atoms with Crippen LogP contribution in [-0.2, 0) is 0 Å². The fourth-order valence-corrected chi connectivity index (χ4v) is 9.27. The Morgan fingerprint density at radius 1 is 0.390 bits per heavy atom. The number of para-hydroxylation sites is 2. The van der Waals surface area contributed by atoms with E-state index < -0.39 is 0 Å². The van der Waals surface area contributed by atoms with Crippen LogP contribution in [0.15, 0.2) is 223 Å². The van der Waals surface area contributed by atoms with Gasteiger partial charge in [-0.2, -0.15) is 0 Å². The molecule has 0 amide bonds. The van der Waals surface area contributed by atoms with E-state index in [-0.39, 0.29) is 0 Å². The molecule has 3 aromatic heterocycles. The molecule has 0 radical (unpaired) electrons. The molecule has 0 N–H and O–H groups in total. The van der Waals surface area contributed by atoms with Crippen LogP contribution in [0.1, 0.15) is 0 Å². The third-order valence-electron chi connectivity index (χ3n) is 12.0. The minimum Gasteiger partial charge on any atom is -0.456 e. The first-order valence-electron chi connectivity index (χ1n) is 20.2. The number of furan rings is 1. The molecule has 3 nitrogen and oxygen atoms in total. The monoisotopic (exact) mass is 752 g/mol. The lowest BCUT2D eigenvalue weighted by Crippen LogP contribution is -2.10. The van der Waals surface area contributed by atoms with E-state index in [9.17, 15) is 0 Å². The molecule has 12 aromatic rings. The molecular weight excluding hydrogens is 717 g/mol. The zero-order valence-corrected chi connectivity index (χ0v) is 32.1. The number of rotatable bonds is 6. The molecule has 59 heavy (non-hydrogen) atoms. The summed E-state index contributed by atoms with van der Waals surface area (Å²) in [5.74, 6) is 0. The van der Waals surface area contributed by atoms with E-state index in [1.54, 1.807) is 0 Å². The standard InChI is InChI=1S/C56H36N2O/c1-2-14-40(15-3-1)54-49-23-11-22-47(56(49)57-36-42-17-5-4-16-41(42)35-51(54)57)39-29-33-44(34-30-39)58(50-24-12-26-53-55(50)48-20-8-9-25-52(48)59-53)43-31-27-38(28-32-43)46-21-10-18-37-13-6-7-19-45(37)46/h1-36H. The maximum Gasteiger partial charge on any atom is 0.137 e. The van der Waals surface area contributed by atoms with Crippen molar-refractivity contribution in [3.63, 3.8) is 0 Å². The summed E-state index contributed by atoms with van der Waals surface area (Å²) in [5, 5.41) is 8.36. The highest BCUT2D eigenvalue weighted by molar-refractivity contribution is 6.14. The summed E-state index contributed by atoms with van der Waals surface area (Å²) < 4.78 is 8.82. The van der Waals surface area contributed by atoms with Gasteiger partial charge in [0.15, 0.2) is 0 Å². The lowest BCUT2D eigenvalue weighted by molar-refractivity contribution is 0.669. The Morgan fingerprint density at radius 3 is 1.76 bits per heavy atom. The van der Waals surface area contributed by atoms with Gasteiger partial charge in [-0.05, 0) is 92.3 Å². The second-order valence-corrected chi connectivity index (χ2v) is 15.3. The summed E-state index contributed by atoms with van der Waals surface area (Å²) in [7, 11) is 0. The normalized spacial score (nSPS) is 11.7. The van der Waals surface area contributed by atoms with Crippen molar-refractivity contribution in [2.75, 3.05) is 4.90 Å². The average molecular weight is 753 g/mol. The topological polar surface area (TPSA) is 20.8 Å². The molecule has 276 valence electrons. The number of fused-ring (bicyclic) bond motifs is 8. The number of hydrogen-bond donors (Lipinski definition) is 0. The van der Waals surface area contributed by atoms with Crippen LogP contribution in [0.2, 0.25) is 0 Å². The highest BCUT2D eigenvalue weighted by Gasteiger charge is 2.21. The highest BCUT2D eigenvalue weighted by Crippen LogP contribution is 2.45. The number of hydrogen-bond acceptors (Lipinski definition) is 2. The van der Waals surface area contributed by atoms with Gasteiger partial charge in [0.1, 0.15) is 11.2 Å². The van der Waals surface area contributed by atoms with Crippen LogP contribution in [0, 0.1) is 0 Å². The van der Waals surface area contributed by atoms with Gasteiger partial charge in [0.2, 0.25) is 0 Å². The van der Waals surface area contributed by atoms with Gasteiger partial charge in [-0.25, -0.2) is 0 Å². The molecule has 12 rings (SSSR count). The Bertz CT molecular complexity index is 3540. The second-order valence-electron chi connectivity index (χ2n) is 15.3. The van der Waals surface area contributed by atoms with Gasteiger partial charge < -0.3 is 13.7 Å². The van der Waals surface area contributed by atoms with Gasteiger partial charge in [0.05, 0.1) is 22.1 Å². The molecule has 0 aliphatic carbocycles. The fraction of sp³-hybridized carbons (Fsp3) is 0.